The Labute approximate surface area is 125 Å². The van der Waals surface area contributed by atoms with E-state index >= 15 is 0 Å². The summed E-state index contributed by atoms with van der Waals surface area (Å²) in [5.74, 6) is -2.04. The third-order valence-corrected chi connectivity index (χ3v) is 2.63. The molecular weight excluding hydrogens is 290 g/mol. The van der Waals surface area contributed by atoms with Crippen molar-refractivity contribution in [2.24, 2.45) is 21.7 Å². The van der Waals surface area contributed by atoms with Crippen LogP contribution in [-0.2, 0) is 6.61 Å². The van der Waals surface area contributed by atoms with E-state index < -0.39 is 17.4 Å². The van der Waals surface area contributed by atoms with Crippen LogP contribution in [0.2, 0.25) is 0 Å². The highest BCUT2D eigenvalue weighted by atomic mass is 19.1. The fourth-order valence-corrected chi connectivity index (χ4v) is 1.70. The van der Waals surface area contributed by atoms with E-state index in [1.165, 1.54) is 12.3 Å². The lowest BCUT2D eigenvalue weighted by molar-refractivity contribution is 0.274. The number of nitrogens with two attached hydrogens (primary N) is 2. The van der Waals surface area contributed by atoms with E-state index in [4.69, 9.17) is 16.2 Å². The molecule has 4 N–H and O–H groups in total. The molecule has 22 heavy (non-hydrogen) atoms. The molecule has 0 aliphatic rings. The van der Waals surface area contributed by atoms with Gasteiger partial charge in [-0.3, -0.25) is 0 Å². The first kappa shape index (κ1) is 15.4. The van der Waals surface area contributed by atoms with E-state index in [1.807, 2.05) is 0 Å². The van der Waals surface area contributed by atoms with Gasteiger partial charge in [0.15, 0.2) is 17.4 Å². The quantitative estimate of drug-likeness (QED) is 0.504. The molecule has 0 saturated heterocycles. The van der Waals surface area contributed by atoms with Gasteiger partial charge in [-0.05, 0) is 29.3 Å². The largest absolute Gasteiger partial charge is 0.483 e. The summed E-state index contributed by atoms with van der Waals surface area (Å²) < 4.78 is 32.1. The van der Waals surface area contributed by atoms with Gasteiger partial charge in [-0.15, -0.1) is 5.10 Å². The fourth-order valence-electron chi connectivity index (χ4n) is 1.70. The molecule has 0 atom stereocenters. The summed E-state index contributed by atoms with van der Waals surface area (Å²) in [6.07, 6.45) is 1.45. The van der Waals surface area contributed by atoms with Crippen molar-refractivity contribution in [3.63, 3.8) is 0 Å². The van der Waals surface area contributed by atoms with Crippen LogP contribution in [0, 0.1) is 11.6 Å². The Kier molecular flexibility index (Phi) is 5.02. The van der Waals surface area contributed by atoms with Crippen LogP contribution >= 0.6 is 0 Å². The Balaban J connectivity index is 2.08. The second-order valence-corrected chi connectivity index (χ2v) is 4.35. The lowest BCUT2D eigenvalue weighted by Gasteiger charge is -2.08. The predicted octanol–water partition coefficient (Wildman–Crippen LogP) is 2.15. The van der Waals surface area contributed by atoms with Crippen LogP contribution < -0.4 is 16.2 Å². The molecule has 0 fully saturated rings. The number of halogens is 2. The van der Waals surface area contributed by atoms with Crippen LogP contribution in [0.5, 0.6) is 5.75 Å². The van der Waals surface area contributed by atoms with E-state index in [-0.39, 0.29) is 12.6 Å². The molecule has 7 heteroatoms. The molecule has 0 spiro atoms. The SMILES string of the molecule is NC(N)=NN=Cc1cccc(COc2c(F)cccc2F)c1. The minimum Gasteiger partial charge on any atom is -0.483 e. The summed E-state index contributed by atoms with van der Waals surface area (Å²) in [7, 11) is 0. The van der Waals surface area contributed by atoms with Crippen molar-refractivity contribution < 1.29 is 13.5 Å². The van der Waals surface area contributed by atoms with Gasteiger partial charge in [0.05, 0.1) is 6.21 Å². The smallest absolute Gasteiger partial charge is 0.211 e. The van der Waals surface area contributed by atoms with E-state index in [9.17, 15) is 8.78 Å². The maximum atomic E-state index is 13.5. The van der Waals surface area contributed by atoms with Gasteiger partial charge >= 0.3 is 0 Å². The molecule has 0 amide bonds. The number of benzene rings is 2. The van der Waals surface area contributed by atoms with Gasteiger partial charge in [0.2, 0.25) is 5.96 Å². The molecule has 0 aliphatic carbocycles. The Bertz CT molecular complexity index is 692. The Morgan fingerprint density at radius 2 is 1.77 bits per heavy atom. The fraction of sp³-hybridized carbons (Fsp3) is 0.0667. The van der Waals surface area contributed by atoms with Crippen molar-refractivity contribution in [1.82, 2.24) is 0 Å². The van der Waals surface area contributed by atoms with Gasteiger partial charge in [0, 0.05) is 0 Å². The van der Waals surface area contributed by atoms with Crippen molar-refractivity contribution in [3.05, 3.63) is 65.2 Å². The number of nitrogens with zero attached hydrogens (tertiary/aromatic N) is 2. The predicted molar refractivity (Wildman–Crippen MR) is 80.5 cm³/mol. The summed E-state index contributed by atoms with van der Waals surface area (Å²) in [6, 6.07) is 10.6. The van der Waals surface area contributed by atoms with Crippen LogP contribution in [0.4, 0.5) is 8.78 Å². The Hall–Kier alpha value is -2.96. The van der Waals surface area contributed by atoms with Crippen LogP contribution in [0.15, 0.2) is 52.7 Å². The summed E-state index contributed by atoms with van der Waals surface area (Å²) in [6.45, 7) is 0.0157. The van der Waals surface area contributed by atoms with E-state index in [0.717, 1.165) is 23.3 Å². The summed E-state index contributed by atoms with van der Waals surface area (Å²) >= 11 is 0. The number of hydrogen-bond acceptors (Lipinski definition) is 3. The lowest BCUT2D eigenvalue weighted by Crippen LogP contribution is -2.21. The molecule has 0 aliphatic heterocycles. The maximum Gasteiger partial charge on any atom is 0.211 e. The molecule has 2 aromatic rings. The standard InChI is InChI=1S/C15H14F2N4O/c16-12-5-2-6-13(17)14(12)22-9-11-4-1-3-10(7-11)8-20-21-15(18)19/h1-8H,9H2,(H4,18,19,21). The molecule has 0 heterocycles. The average molecular weight is 304 g/mol. The number of ether oxygens (including phenoxy) is 1. The molecule has 0 bridgehead atoms. The van der Waals surface area contributed by atoms with Crippen LogP contribution in [-0.4, -0.2) is 12.2 Å². The van der Waals surface area contributed by atoms with Gasteiger partial charge in [-0.2, -0.15) is 5.10 Å². The zero-order valence-corrected chi connectivity index (χ0v) is 11.5. The first-order valence-corrected chi connectivity index (χ1v) is 6.34. The molecule has 0 radical (unpaired) electrons. The van der Waals surface area contributed by atoms with Gasteiger partial charge < -0.3 is 16.2 Å². The van der Waals surface area contributed by atoms with E-state index in [1.54, 1.807) is 24.3 Å². The molecule has 0 unspecified atom stereocenters. The number of rotatable bonds is 5. The number of para-hydroxylation sites is 1. The Morgan fingerprint density at radius 3 is 2.45 bits per heavy atom. The zero-order valence-electron chi connectivity index (χ0n) is 11.5. The highest BCUT2D eigenvalue weighted by Gasteiger charge is 2.09. The van der Waals surface area contributed by atoms with Crippen LogP contribution in [0.25, 0.3) is 0 Å². The van der Waals surface area contributed by atoms with Crippen molar-refractivity contribution >= 4 is 12.2 Å². The van der Waals surface area contributed by atoms with Gasteiger partial charge in [0.1, 0.15) is 6.61 Å². The molecular formula is C15H14F2N4O. The second kappa shape index (κ2) is 7.16. The minimum absolute atomic E-state index is 0.0157. The first-order chi connectivity index (χ1) is 10.6. The van der Waals surface area contributed by atoms with Gasteiger partial charge in [-0.25, -0.2) is 8.78 Å². The topological polar surface area (TPSA) is 86.0 Å². The van der Waals surface area contributed by atoms with Crippen molar-refractivity contribution in [1.29, 1.82) is 0 Å². The Morgan fingerprint density at radius 1 is 1.09 bits per heavy atom. The minimum atomic E-state index is -0.745. The summed E-state index contributed by atoms with van der Waals surface area (Å²) in [5, 5.41) is 7.16. The third-order valence-electron chi connectivity index (χ3n) is 2.63. The van der Waals surface area contributed by atoms with Gasteiger partial charge in [0.25, 0.3) is 0 Å². The van der Waals surface area contributed by atoms with Crippen molar-refractivity contribution in [2.75, 3.05) is 0 Å². The van der Waals surface area contributed by atoms with Crippen LogP contribution in [0.1, 0.15) is 11.1 Å². The molecule has 0 aromatic heterocycles. The zero-order chi connectivity index (χ0) is 15.9. The summed E-state index contributed by atoms with van der Waals surface area (Å²) in [4.78, 5) is 0. The molecule has 0 saturated carbocycles. The molecule has 2 aromatic carbocycles. The van der Waals surface area contributed by atoms with Crippen molar-refractivity contribution in [2.45, 2.75) is 6.61 Å². The number of hydrogen-bond donors (Lipinski definition) is 2. The molecule has 5 nitrogen and oxygen atoms in total. The highest BCUT2D eigenvalue weighted by molar-refractivity contribution is 5.81. The average Bonchev–Trinajstić information content (AvgIpc) is 2.47. The maximum absolute atomic E-state index is 13.5. The second-order valence-electron chi connectivity index (χ2n) is 4.35. The van der Waals surface area contributed by atoms with Crippen LogP contribution in [0.3, 0.4) is 0 Å². The highest BCUT2D eigenvalue weighted by Crippen LogP contribution is 2.22. The monoisotopic (exact) mass is 304 g/mol. The molecule has 2 rings (SSSR count). The third kappa shape index (κ3) is 4.27. The van der Waals surface area contributed by atoms with Gasteiger partial charge in [-0.1, -0.05) is 24.3 Å². The van der Waals surface area contributed by atoms with Crippen molar-refractivity contribution in [3.8, 4) is 5.75 Å². The molecule has 114 valence electrons. The first-order valence-electron chi connectivity index (χ1n) is 6.34. The normalized spacial score (nSPS) is 10.6. The number of guanidine groups is 1. The van der Waals surface area contributed by atoms with E-state index in [2.05, 4.69) is 10.2 Å². The lowest BCUT2D eigenvalue weighted by atomic mass is 10.1. The van der Waals surface area contributed by atoms with E-state index in [0.29, 0.717) is 0 Å². The summed E-state index contributed by atoms with van der Waals surface area (Å²) in [5.41, 5.74) is 11.7.